The number of nitrogens with one attached hydrogen (secondary N) is 1. The van der Waals surface area contributed by atoms with Crippen molar-refractivity contribution in [2.24, 2.45) is 0 Å². The number of ether oxygens (including phenoxy) is 2. The van der Waals surface area contributed by atoms with E-state index >= 15 is 0 Å². The summed E-state index contributed by atoms with van der Waals surface area (Å²) < 4.78 is 37.4. The minimum absolute atomic E-state index is 0.205. The van der Waals surface area contributed by atoms with Gasteiger partial charge in [0.1, 0.15) is 23.6 Å². The van der Waals surface area contributed by atoms with Crippen molar-refractivity contribution < 1.29 is 22.7 Å². The molecule has 7 nitrogen and oxygen atoms in total. The maximum Gasteiger partial charge on any atom is 0.241 e. The SMILES string of the molecule is COc1ccc(Cl)cc1N(CC(=O)NC1CC(C)(C)Oc2cc(C)ccc21)S(C)(=O)=O. The van der Waals surface area contributed by atoms with E-state index in [9.17, 15) is 13.2 Å². The number of methoxy groups -OCH3 is 1. The zero-order valence-electron chi connectivity index (χ0n) is 18.2. The van der Waals surface area contributed by atoms with Crippen LogP contribution in [0.4, 0.5) is 5.69 Å². The van der Waals surface area contributed by atoms with Crippen LogP contribution in [0.5, 0.6) is 11.5 Å². The van der Waals surface area contributed by atoms with Crippen LogP contribution in [-0.4, -0.2) is 39.8 Å². The normalized spacial score (nSPS) is 17.3. The molecule has 2 aromatic carbocycles. The molecule has 0 saturated heterocycles. The van der Waals surface area contributed by atoms with E-state index < -0.39 is 28.1 Å². The first-order valence-electron chi connectivity index (χ1n) is 9.80. The summed E-state index contributed by atoms with van der Waals surface area (Å²) in [5.74, 6) is 0.579. The highest BCUT2D eigenvalue weighted by atomic mass is 35.5. The summed E-state index contributed by atoms with van der Waals surface area (Å²) in [6.07, 6.45) is 1.59. The van der Waals surface area contributed by atoms with Crippen molar-refractivity contribution in [2.75, 3.05) is 24.2 Å². The van der Waals surface area contributed by atoms with Gasteiger partial charge in [0, 0.05) is 17.0 Å². The number of rotatable bonds is 6. The Kier molecular flexibility index (Phi) is 6.43. The van der Waals surface area contributed by atoms with Crippen molar-refractivity contribution in [1.29, 1.82) is 0 Å². The van der Waals surface area contributed by atoms with Crippen molar-refractivity contribution in [3.8, 4) is 11.5 Å². The number of anilines is 1. The molecule has 1 atom stereocenters. The molecule has 168 valence electrons. The van der Waals surface area contributed by atoms with Crippen LogP contribution < -0.4 is 19.1 Å². The predicted molar refractivity (Wildman–Crippen MR) is 122 cm³/mol. The third kappa shape index (κ3) is 5.43. The molecule has 0 fully saturated rings. The number of halogens is 1. The molecule has 1 unspecified atom stereocenters. The van der Waals surface area contributed by atoms with Gasteiger partial charge in [-0.1, -0.05) is 23.7 Å². The molecule has 0 spiro atoms. The number of carbonyl (C=O) groups is 1. The van der Waals surface area contributed by atoms with E-state index in [2.05, 4.69) is 5.32 Å². The van der Waals surface area contributed by atoms with Crippen molar-refractivity contribution in [3.63, 3.8) is 0 Å². The van der Waals surface area contributed by atoms with Gasteiger partial charge in [0.25, 0.3) is 0 Å². The summed E-state index contributed by atoms with van der Waals surface area (Å²) in [6, 6.07) is 10.1. The van der Waals surface area contributed by atoms with Crippen LogP contribution in [0.25, 0.3) is 0 Å². The van der Waals surface area contributed by atoms with Crippen LogP contribution in [0.15, 0.2) is 36.4 Å². The fourth-order valence-electron chi connectivity index (χ4n) is 3.70. The average Bonchev–Trinajstić information content (AvgIpc) is 2.63. The number of hydrogen-bond donors (Lipinski definition) is 1. The van der Waals surface area contributed by atoms with Gasteiger partial charge in [-0.3, -0.25) is 9.10 Å². The monoisotopic (exact) mass is 466 g/mol. The first-order chi connectivity index (χ1) is 14.4. The second kappa shape index (κ2) is 8.59. The van der Waals surface area contributed by atoms with Gasteiger partial charge < -0.3 is 14.8 Å². The molecular weight excluding hydrogens is 440 g/mol. The first kappa shape index (κ1) is 23.2. The average molecular weight is 467 g/mol. The Morgan fingerprint density at radius 1 is 1.29 bits per heavy atom. The molecule has 3 rings (SSSR count). The predicted octanol–water partition coefficient (Wildman–Crippen LogP) is 3.84. The van der Waals surface area contributed by atoms with Crippen molar-refractivity contribution in [3.05, 3.63) is 52.5 Å². The Labute approximate surface area is 188 Å². The lowest BCUT2D eigenvalue weighted by molar-refractivity contribution is -0.120. The lowest BCUT2D eigenvalue weighted by atomic mass is 9.89. The van der Waals surface area contributed by atoms with E-state index in [1.165, 1.54) is 13.2 Å². The second-order valence-electron chi connectivity index (χ2n) is 8.31. The Balaban J connectivity index is 1.89. The van der Waals surface area contributed by atoms with Gasteiger partial charge >= 0.3 is 0 Å². The molecule has 0 aromatic heterocycles. The second-order valence-corrected chi connectivity index (χ2v) is 10.7. The van der Waals surface area contributed by atoms with Gasteiger partial charge in [-0.15, -0.1) is 0 Å². The van der Waals surface area contributed by atoms with Crippen molar-refractivity contribution in [2.45, 2.75) is 38.8 Å². The zero-order chi connectivity index (χ0) is 23.0. The van der Waals surface area contributed by atoms with Crippen LogP contribution in [0.2, 0.25) is 5.02 Å². The Morgan fingerprint density at radius 2 is 2.00 bits per heavy atom. The molecule has 1 heterocycles. The lowest BCUT2D eigenvalue weighted by Gasteiger charge is -2.38. The van der Waals surface area contributed by atoms with Gasteiger partial charge in [0.2, 0.25) is 15.9 Å². The third-order valence-corrected chi connectivity index (χ3v) is 6.42. The number of amides is 1. The van der Waals surface area contributed by atoms with Crippen LogP contribution in [0.1, 0.15) is 37.4 Å². The van der Waals surface area contributed by atoms with Crippen molar-refractivity contribution >= 4 is 33.2 Å². The highest BCUT2D eigenvalue weighted by Gasteiger charge is 2.35. The zero-order valence-corrected chi connectivity index (χ0v) is 19.8. The topological polar surface area (TPSA) is 84.9 Å². The summed E-state index contributed by atoms with van der Waals surface area (Å²) in [5, 5.41) is 3.31. The summed E-state index contributed by atoms with van der Waals surface area (Å²) in [5.41, 5.74) is 1.64. The maximum atomic E-state index is 13.0. The molecule has 1 amide bonds. The molecular formula is C22H27ClN2O5S. The minimum Gasteiger partial charge on any atom is -0.495 e. The number of fused-ring (bicyclic) bond motifs is 1. The number of sulfonamides is 1. The van der Waals surface area contributed by atoms with Crippen molar-refractivity contribution in [1.82, 2.24) is 5.32 Å². The molecule has 31 heavy (non-hydrogen) atoms. The van der Waals surface area contributed by atoms with E-state index in [0.29, 0.717) is 17.2 Å². The molecule has 1 aliphatic rings. The van der Waals surface area contributed by atoms with E-state index in [0.717, 1.165) is 27.4 Å². The maximum absolute atomic E-state index is 13.0. The van der Waals surface area contributed by atoms with E-state index in [1.807, 2.05) is 39.0 Å². The molecule has 0 aliphatic carbocycles. The van der Waals surface area contributed by atoms with E-state index in [1.54, 1.807) is 12.1 Å². The van der Waals surface area contributed by atoms with E-state index in [-0.39, 0.29) is 11.7 Å². The van der Waals surface area contributed by atoms with Gasteiger partial charge in [0.15, 0.2) is 0 Å². The number of hydrogen-bond acceptors (Lipinski definition) is 5. The van der Waals surface area contributed by atoms with Crippen LogP contribution in [0, 0.1) is 6.92 Å². The molecule has 0 saturated carbocycles. The number of carbonyl (C=O) groups excluding carboxylic acids is 1. The smallest absolute Gasteiger partial charge is 0.241 e. The third-order valence-electron chi connectivity index (χ3n) is 5.06. The highest BCUT2D eigenvalue weighted by Crippen LogP contribution is 2.40. The van der Waals surface area contributed by atoms with Crippen LogP contribution >= 0.6 is 11.6 Å². The molecule has 1 aliphatic heterocycles. The molecule has 0 radical (unpaired) electrons. The summed E-state index contributed by atoms with van der Waals surface area (Å²) >= 11 is 6.07. The molecule has 1 N–H and O–H groups in total. The number of benzene rings is 2. The Hall–Kier alpha value is -2.45. The minimum atomic E-state index is -3.78. The molecule has 2 aromatic rings. The molecule has 9 heteroatoms. The molecule has 0 bridgehead atoms. The number of nitrogens with zero attached hydrogens (tertiary/aromatic N) is 1. The number of aryl methyl sites for hydroxylation is 1. The largest absolute Gasteiger partial charge is 0.495 e. The Morgan fingerprint density at radius 3 is 2.65 bits per heavy atom. The summed E-state index contributed by atoms with van der Waals surface area (Å²) in [7, 11) is -2.36. The van der Waals surface area contributed by atoms with Crippen LogP contribution in [-0.2, 0) is 14.8 Å². The first-order valence-corrected chi connectivity index (χ1v) is 12.0. The highest BCUT2D eigenvalue weighted by molar-refractivity contribution is 7.92. The lowest BCUT2D eigenvalue weighted by Crippen LogP contribution is -2.45. The van der Waals surface area contributed by atoms with Gasteiger partial charge in [-0.05, 0) is 50.6 Å². The Bertz CT molecular complexity index is 1100. The summed E-state index contributed by atoms with van der Waals surface area (Å²) in [6.45, 7) is 5.48. The standard InChI is InChI=1S/C22H27ClN2O5S/c1-14-6-8-16-17(12-22(2,3)30-20(16)10-14)24-21(26)13-25(31(5,27)28)18-11-15(23)7-9-19(18)29-4/h6-11,17H,12-13H2,1-5H3,(H,24,26). The summed E-state index contributed by atoms with van der Waals surface area (Å²) in [4.78, 5) is 13.0. The van der Waals surface area contributed by atoms with Gasteiger partial charge in [0.05, 0.1) is 25.1 Å². The quantitative estimate of drug-likeness (QED) is 0.699. The van der Waals surface area contributed by atoms with Gasteiger partial charge in [-0.2, -0.15) is 0 Å². The fraction of sp³-hybridized carbons (Fsp3) is 0.409. The van der Waals surface area contributed by atoms with Crippen LogP contribution in [0.3, 0.4) is 0 Å². The fourth-order valence-corrected chi connectivity index (χ4v) is 4.72. The van der Waals surface area contributed by atoms with Gasteiger partial charge in [-0.25, -0.2) is 8.42 Å². The van der Waals surface area contributed by atoms with E-state index in [4.69, 9.17) is 21.1 Å².